The number of halogens is 1. The van der Waals surface area contributed by atoms with Gasteiger partial charge in [0.25, 0.3) is 0 Å². The molecule has 0 bridgehead atoms. The van der Waals surface area contributed by atoms with Crippen molar-refractivity contribution in [3.63, 3.8) is 0 Å². The van der Waals surface area contributed by atoms with Crippen LogP contribution in [0.25, 0.3) is 0 Å². The highest BCUT2D eigenvalue weighted by molar-refractivity contribution is 5.90. The van der Waals surface area contributed by atoms with E-state index in [4.69, 9.17) is 15.6 Å². The quantitative estimate of drug-likeness (QED) is 0.203. The van der Waals surface area contributed by atoms with Crippen molar-refractivity contribution in [1.29, 1.82) is 10.8 Å². The second kappa shape index (κ2) is 6.02. The van der Waals surface area contributed by atoms with Crippen molar-refractivity contribution in [1.82, 2.24) is 20.9 Å². The number of aliphatic hydroxyl groups excluding tert-OH is 1. The van der Waals surface area contributed by atoms with Gasteiger partial charge in [-0.1, -0.05) is 0 Å². The van der Waals surface area contributed by atoms with Crippen molar-refractivity contribution in [2.24, 2.45) is 0 Å². The molecule has 11 nitrogen and oxygen atoms in total. The molecular weight excluding hydrogens is 375 g/mol. The number of guanidine groups is 2. The Morgan fingerprint density at radius 1 is 1.29 bits per heavy atom. The van der Waals surface area contributed by atoms with Crippen LogP contribution in [0, 0.1) is 16.6 Å². The van der Waals surface area contributed by atoms with E-state index < -0.39 is 48.0 Å². The minimum atomic E-state index is -2.72. The lowest BCUT2D eigenvalue weighted by atomic mass is 9.85. The largest absolute Gasteiger partial charge is 0.451 e. The van der Waals surface area contributed by atoms with E-state index in [0.717, 1.165) is 12.1 Å². The summed E-state index contributed by atoms with van der Waals surface area (Å²) in [6, 6.07) is 2.84. The normalized spacial score (nSPS) is 32.7. The van der Waals surface area contributed by atoms with Crippen molar-refractivity contribution in [3.05, 3.63) is 35.6 Å². The van der Waals surface area contributed by atoms with E-state index in [0.29, 0.717) is 0 Å². The van der Waals surface area contributed by atoms with Gasteiger partial charge in [-0.2, -0.15) is 0 Å². The molecule has 8 N–H and O–H groups in total. The summed E-state index contributed by atoms with van der Waals surface area (Å²) in [5.41, 5.74) is -1.80. The molecule has 3 heterocycles. The first-order valence-corrected chi connectivity index (χ1v) is 8.49. The number of esters is 1. The predicted molar refractivity (Wildman–Crippen MR) is 91.7 cm³/mol. The third kappa shape index (κ3) is 2.35. The maximum absolute atomic E-state index is 13.1. The lowest BCUT2D eigenvalue weighted by molar-refractivity contribution is -0.258. The van der Waals surface area contributed by atoms with Gasteiger partial charge in [0.1, 0.15) is 5.82 Å². The van der Waals surface area contributed by atoms with E-state index in [1.165, 1.54) is 17.0 Å². The average Bonchev–Trinajstić information content (AvgIpc) is 3.11. The third-order valence-electron chi connectivity index (χ3n) is 5.37. The van der Waals surface area contributed by atoms with Crippen LogP contribution in [0.5, 0.6) is 0 Å². The summed E-state index contributed by atoms with van der Waals surface area (Å²) < 4.78 is 18.3. The molecule has 4 atom stereocenters. The fourth-order valence-electron chi connectivity index (χ4n) is 4.05. The van der Waals surface area contributed by atoms with Gasteiger partial charge in [-0.15, -0.1) is 0 Å². The van der Waals surface area contributed by atoms with E-state index in [9.17, 15) is 24.5 Å². The fraction of sp³-hybridized carbons (Fsp3) is 0.438. The maximum Gasteiger partial charge on any atom is 0.338 e. The summed E-state index contributed by atoms with van der Waals surface area (Å²) in [6.07, 6.45) is -1.49. The van der Waals surface area contributed by atoms with Crippen LogP contribution < -0.4 is 16.0 Å². The van der Waals surface area contributed by atoms with Crippen LogP contribution in [0.2, 0.25) is 0 Å². The summed E-state index contributed by atoms with van der Waals surface area (Å²) in [7, 11) is 0. The first kappa shape index (κ1) is 18.4. The lowest BCUT2D eigenvalue weighted by Gasteiger charge is -2.50. The van der Waals surface area contributed by atoms with Crippen LogP contribution in [0.4, 0.5) is 4.39 Å². The van der Waals surface area contributed by atoms with Gasteiger partial charge < -0.3 is 40.9 Å². The lowest BCUT2D eigenvalue weighted by Crippen LogP contribution is -2.80. The minimum absolute atomic E-state index is 0.0165. The van der Waals surface area contributed by atoms with Crippen LogP contribution in [0.15, 0.2) is 24.3 Å². The van der Waals surface area contributed by atoms with Crippen molar-refractivity contribution < 1.29 is 29.2 Å². The van der Waals surface area contributed by atoms with Crippen LogP contribution in [0.3, 0.4) is 0 Å². The van der Waals surface area contributed by atoms with Gasteiger partial charge in [-0.25, -0.2) is 9.18 Å². The molecule has 1 spiro atoms. The molecule has 0 radical (unpaired) electrons. The van der Waals surface area contributed by atoms with E-state index >= 15 is 0 Å². The summed E-state index contributed by atoms with van der Waals surface area (Å²) in [5, 5.41) is 55.7. The minimum Gasteiger partial charge on any atom is -0.451 e. The molecule has 1 aromatic carbocycles. The van der Waals surface area contributed by atoms with Crippen LogP contribution in [0.1, 0.15) is 10.4 Å². The maximum atomic E-state index is 13.1. The van der Waals surface area contributed by atoms with Gasteiger partial charge in [0, 0.05) is 0 Å². The van der Waals surface area contributed by atoms with Crippen molar-refractivity contribution in [2.45, 2.75) is 29.6 Å². The first-order chi connectivity index (χ1) is 13.2. The standard InChI is InChI=1S/C16H19FN6O5/c17-8-3-1-7(2-4-8)12(25)28-10-5-23-14(19)20-9(6-24)11-15(23,16(10,26)27)22-13(18)21-11/h1-4,9-11,24,26-27H,5-6H2,(H2,19,20)(H3,18,21,22)/t9-,10-,11-,15-/m0/s1. The zero-order valence-electron chi connectivity index (χ0n) is 14.4. The molecular formula is C16H19FN6O5. The number of carbonyl (C=O) groups excluding carboxylic acids is 1. The molecule has 28 heavy (non-hydrogen) atoms. The smallest absolute Gasteiger partial charge is 0.338 e. The fourth-order valence-corrected chi connectivity index (χ4v) is 4.05. The molecule has 3 aliphatic heterocycles. The number of carbonyl (C=O) groups is 1. The topological polar surface area (TPSA) is 174 Å². The molecule has 1 aromatic rings. The molecule has 3 aliphatic rings. The number of nitrogens with one attached hydrogen (secondary N) is 5. The Morgan fingerprint density at radius 3 is 2.61 bits per heavy atom. The average molecular weight is 394 g/mol. The number of rotatable bonds is 3. The summed E-state index contributed by atoms with van der Waals surface area (Å²) in [6.45, 7) is -0.705. The van der Waals surface area contributed by atoms with Gasteiger partial charge in [0.15, 0.2) is 23.7 Å². The zero-order valence-corrected chi connectivity index (χ0v) is 14.4. The Morgan fingerprint density at radius 2 is 1.96 bits per heavy atom. The predicted octanol–water partition coefficient (Wildman–Crippen LogP) is -2.56. The Balaban J connectivity index is 1.67. The second-order valence-electron chi connectivity index (χ2n) is 6.91. The number of hydrogen-bond donors (Lipinski definition) is 8. The molecule has 0 aromatic heterocycles. The summed E-state index contributed by atoms with van der Waals surface area (Å²) in [4.78, 5) is 13.6. The SMILES string of the molecule is N=C1N[C@H]2[C@H](CO)NC(=N)N3C[C@H](OC(=O)c4ccc(F)cc4)C(O)(O)[C@]23N1. The highest BCUT2D eigenvalue weighted by Crippen LogP contribution is 2.44. The van der Waals surface area contributed by atoms with Gasteiger partial charge in [-0.05, 0) is 24.3 Å². The Labute approximate surface area is 158 Å². The summed E-state index contributed by atoms with van der Waals surface area (Å²) >= 11 is 0. The molecule has 3 saturated heterocycles. The van der Waals surface area contributed by atoms with Crippen LogP contribution >= 0.6 is 0 Å². The van der Waals surface area contributed by atoms with Crippen LogP contribution in [-0.4, -0.2) is 80.9 Å². The molecule has 12 heteroatoms. The zero-order chi connectivity index (χ0) is 20.3. The van der Waals surface area contributed by atoms with Crippen LogP contribution in [-0.2, 0) is 4.74 Å². The van der Waals surface area contributed by atoms with Crippen molar-refractivity contribution >= 4 is 17.9 Å². The molecule has 0 aliphatic carbocycles. The Hall–Kier alpha value is -2.96. The third-order valence-corrected chi connectivity index (χ3v) is 5.37. The number of ether oxygens (including phenoxy) is 1. The highest BCUT2D eigenvalue weighted by Gasteiger charge is 2.75. The Bertz CT molecular complexity index is 848. The molecule has 0 unspecified atom stereocenters. The monoisotopic (exact) mass is 394 g/mol. The van der Waals surface area contributed by atoms with Crippen molar-refractivity contribution in [2.75, 3.05) is 13.2 Å². The van der Waals surface area contributed by atoms with E-state index in [2.05, 4.69) is 16.0 Å². The molecule has 0 amide bonds. The van der Waals surface area contributed by atoms with Gasteiger partial charge >= 0.3 is 5.97 Å². The van der Waals surface area contributed by atoms with Crippen molar-refractivity contribution in [3.8, 4) is 0 Å². The van der Waals surface area contributed by atoms with E-state index in [-0.39, 0.29) is 24.0 Å². The number of benzene rings is 1. The first-order valence-electron chi connectivity index (χ1n) is 8.49. The number of hydrogen-bond acceptors (Lipinski definition) is 7. The van der Waals surface area contributed by atoms with E-state index in [1.807, 2.05) is 0 Å². The summed E-state index contributed by atoms with van der Waals surface area (Å²) in [5.74, 6) is -4.62. The van der Waals surface area contributed by atoms with Gasteiger partial charge in [0.05, 0.1) is 30.8 Å². The van der Waals surface area contributed by atoms with E-state index in [1.54, 1.807) is 0 Å². The van der Waals surface area contributed by atoms with Gasteiger partial charge in [0.2, 0.25) is 5.79 Å². The Kier molecular flexibility index (Phi) is 3.96. The molecule has 150 valence electrons. The molecule has 0 saturated carbocycles. The molecule has 3 fully saturated rings. The number of aliphatic hydroxyl groups is 3. The number of nitrogens with zero attached hydrogens (tertiary/aromatic N) is 1. The molecule has 4 rings (SSSR count). The van der Waals surface area contributed by atoms with Gasteiger partial charge in [-0.3, -0.25) is 10.8 Å². The highest BCUT2D eigenvalue weighted by atomic mass is 19.1. The second-order valence-corrected chi connectivity index (χ2v) is 6.91.